The van der Waals surface area contributed by atoms with Gasteiger partial charge in [0.05, 0.1) is 10.6 Å². The third kappa shape index (κ3) is 5.30. The average molecular weight is 425 g/mol. The van der Waals surface area contributed by atoms with Gasteiger partial charge >= 0.3 is 0 Å². The molecule has 0 saturated carbocycles. The second-order valence-corrected chi connectivity index (χ2v) is 8.21. The molecule has 0 aliphatic rings. The molecule has 3 aromatic rings. The average Bonchev–Trinajstić information content (AvgIpc) is 3.09. The molecule has 2 aromatic carbocycles. The number of sulfonamides is 1. The topological polar surface area (TPSA) is 128 Å². The van der Waals surface area contributed by atoms with Gasteiger partial charge in [-0.2, -0.15) is 0 Å². The van der Waals surface area contributed by atoms with Crippen LogP contribution >= 0.6 is 23.4 Å². The van der Waals surface area contributed by atoms with Gasteiger partial charge in [-0.05, 0) is 42.5 Å². The lowest BCUT2D eigenvalue weighted by atomic mass is 10.2. The molecule has 0 saturated heterocycles. The number of nitrogens with zero attached hydrogens (tertiary/aromatic N) is 2. The number of halogens is 1. The van der Waals surface area contributed by atoms with E-state index >= 15 is 0 Å². The Kier molecular flexibility index (Phi) is 5.80. The molecule has 140 valence electrons. The van der Waals surface area contributed by atoms with E-state index in [1.165, 1.54) is 18.2 Å². The van der Waals surface area contributed by atoms with E-state index in [1.807, 2.05) is 0 Å². The van der Waals surface area contributed by atoms with Crippen LogP contribution in [-0.4, -0.2) is 30.3 Å². The van der Waals surface area contributed by atoms with Crippen LogP contribution < -0.4 is 10.5 Å². The van der Waals surface area contributed by atoms with E-state index < -0.39 is 10.0 Å². The van der Waals surface area contributed by atoms with Crippen LogP contribution in [0.5, 0.6) is 0 Å². The van der Waals surface area contributed by atoms with Crippen molar-refractivity contribution in [2.24, 2.45) is 5.14 Å². The summed E-state index contributed by atoms with van der Waals surface area (Å²) in [6.07, 6.45) is 0. The first kappa shape index (κ1) is 19.4. The fraction of sp³-hybridized carbons (Fsp3) is 0.0625. The molecular formula is C16H13ClN4O4S2. The van der Waals surface area contributed by atoms with Gasteiger partial charge in [-0.1, -0.05) is 29.4 Å². The molecule has 8 nitrogen and oxygen atoms in total. The van der Waals surface area contributed by atoms with Crippen molar-refractivity contribution in [3.8, 4) is 11.5 Å². The summed E-state index contributed by atoms with van der Waals surface area (Å²) in [5.74, 6) is -0.0461. The lowest BCUT2D eigenvalue weighted by molar-refractivity contribution is -0.113. The Morgan fingerprint density at radius 1 is 1.19 bits per heavy atom. The summed E-state index contributed by atoms with van der Waals surface area (Å²) in [6.45, 7) is 0. The highest BCUT2D eigenvalue weighted by Crippen LogP contribution is 2.24. The molecule has 0 radical (unpaired) electrons. The zero-order valence-electron chi connectivity index (χ0n) is 13.6. The summed E-state index contributed by atoms with van der Waals surface area (Å²) in [6, 6.07) is 12.6. The highest BCUT2D eigenvalue weighted by atomic mass is 35.5. The van der Waals surface area contributed by atoms with Crippen molar-refractivity contribution in [3.05, 3.63) is 53.6 Å². The van der Waals surface area contributed by atoms with Gasteiger partial charge in [-0.25, -0.2) is 13.6 Å². The fourth-order valence-corrected chi connectivity index (χ4v) is 3.30. The zero-order valence-corrected chi connectivity index (χ0v) is 16.0. The van der Waals surface area contributed by atoms with Crippen LogP contribution in [0, 0.1) is 0 Å². The van der Waals surface area contributed by atoms with Gasteiger partial charge in [0.2, 0.25) is 21.8 Å². The maximum atomic E-state index is 12.0. The molecule has 0 aliphatic heterocycles. The first-order chi connectivity index (χ1) is 12.8. The predicted molar refractivity (Wildman–Crippen MR) is 102 cm³/mol. The Morgan fingerprint density at radius 2 is 1.93 bits per heavy atom. The van der Waals surface area contributed by atoms with Gasteiger partial charge in [-0.3, -0.25) is 4.79 Å². The molecule has 3 N–H and O–H groups in total. The maximum absolute atomic E-state index is 12.0. The summed E-state index contributed by atoms with van der Waals surface area (Å²) < 4.78 is 28.2. The number of carbonyl (C=O) groups excluding carboxylic acids is 1. The minimum absolute atomic E-state index is 0.00184. The molecule has 1 heterocycles. The molecule has 0 bridgehead atoms. The van der Waals surface area contributed by atoms with Gasteiger partial charge in [-0.15, -0.1) is 10.2 Å². The third-order valence-corrected chi connectivity index (χ3v) is 5.25. The highest BCUT2D eigenvalue weighted by molar-refractivity contribution is 7.99. The van der Waals surface area contributed by atoms with E-state index in [1.54, 1.807) is 30.3 Å². The molecular weight excluding hydrogens is 412 g/mol. The lowest BCUT2D eigenvalue weighted by Crippen LogP contribution is -2.16. The number of hydrogen-bond acceptors (Lipinski definition) is 7. The SMILES string of the molecule is NS(=O)(=O)c1cccc(NC(=O)CSc2nnc(-c3ccc(Cl)cc3)o2)c1. The molecule has 0 aliphatic carbocycles. The molecule has 11 heteroatoms. The van der Waals surface area contributed by atoms with Crippen LogP contribution in [0.25, 0.3) is 11.5 Å². The smallest absolute Gasteiger partial charge is 0.277 e. The number of thioether (sulfide) groups is 1. The second-order valence-electron chi connectivity index (χ2n) is 5.29. The Morgan fingerprint density at radius 3 is 2.63 bits per heavy atom. The number of carbonyl (C=O) groups is 1. The quantitative estimate of drug-likeness (QED) is 0.582. The predicted octanol–water partition coefficient (Wildman–Crippen LogP) is 2.77. The number of aromatic nitrogens is 2. The van der Waals surface area contributed by atoms with E-state index in [0.29, 0.717) is 22.2 Å². The zero-order chi connectivity index (χ0) is 19.4. The molecule has 1 aromatic heterocycles. The number of amides is 1. The van der Waals surface area contributed by atoms with Crippen molar-refractivity contribution < 1.29 is 17.6 Å². The first-order valence-electron chi connectivity index (χ1n) is 7.46. The van der Waals surface area contributed by atoms with E-state index in [2.05, 4.69) is 15.5 Å². The number of primary sulfonamides is 1. The minimum atomic E-state index is -3.84. The van der Waals surface area contributed by atoms with Gasteiger partial charge in [0.25, 0.3) is 5.22 Å². The molecule has 3 rings (SSSR count). The summed E-state index contributed by atoms with van der Waals surface area (Å²) in [4.78, 5) is 12.0. The lowest BCUT2D eigenvalue weighted by Gasteiger charge is -2.05. The van der Waals surface area contributed by atoms with E-state index in [4.69, 9.17) is 21.2 Å². The van der Waals surface area contributed by atoms with E-state index in [0.717, 1.165) is 11.8 Å². The molecule has 0 spiro atoms. The summed E-state index contributed by atoms with van der Waals surface area (Å²) in [5, 5.41) is 16.3. The van der Waals surface area contributed by atoms with Crippen LogP contribution in [0.2, 0.25) is 5.02 Å². The van der Waals surface area contributed by atoms with Gasteiger partial charge < -0.3 is 9.73 Å². The van der Waals surface area contributed by atoms with Gasteiger partial charge in [0, 0.05) is 16.3 Å². The standard InChI is InChI=1S/C16H13ClN4O4S2/c17-11-6-4-10(5-7-11)15-20-21-16(25-15)26-9-14(22)19-12-2-1-3-13(8-12)27(18,23)24/h1-8H,9H2,(H,19,22)(H2,18,23,24). The van der Waals surface area contributed by atoms with Crippen LogP contribution in [0.3, 0.4) is 0 Å². The van der Waals surface area contributed by atoms with Crippen molar-refractivity contribution in [1.29, 1.82) is 0 Å². The Bertz CT molecular complexity index is 1070. The Labute approximate surface area is 164 Å². The van der Waals surface area contributed by atoms with E-state index in [9.17, 15) is 13.2 Å². The van der Waals surface area contributed by atoms with Gasteiger partial charge in [0.1, 0.15) is 0 Å². The Hall–Kier alpha value is -2.40. The van der Waals surface area contributed by atoms with Crippen LogP contribution in [0.1, 0.15) is 0 Å². The number of benzene rings is 2. The monoisotopic (exact) mass is 424 g/mol. The van der Waals surface area contributed by atoms with Crippen LogP contribution in [0.4, 0.5) is 5.69 Å². The molecule has 0 unspecified atom stereocenters. The molecule has 0 atom stereocenters. The number of nitrogens with two attached hydrogens (primary N) is 1. The van der Waals surface area contributed by atoms with E-state index in [-0.39, 0.29) is 21.8 Å². The minimum Gasteiger partial charge on any atom is -0.411 e. The Balaban J connectivity index is 1.59. The summed E-state index contributed by atoms with van der Waals surface area (Å²) in [5.41, 5.74) is 1.03. The van der Waals surface area contributed by atoms with Crippen molar-refractivity contribution >= 4 is 45.0 Å². The third-order valence-electron chi connectivity index (χ3n) is 3.27. The summed E-state index contributed by atoms with van der Waals surface area (Å²) >= 11 is 6.89. The highest BCUT2D eigenvalue weighted by Gasteiger charge is 2.13. The number of nitrogens with one attached hydrogen (secondary N) is 1. The largest absolute Gasteiger partial charge is 0.411 e. The molecule has 0 fully saturated rings. The normalized spacial score (nSPS) is 11.3. The fourth-order valence-electron chi connectivity index (χ4n) is 2.05. The van der Waals surface area contributed by atoms with Gasteiger partial charge in [0.15, 0.2) is 0 Å². The summed E-state index contributed by atoms with van der Waals surface area (Å²) in [7, 11) is -3.84. The van der Waals surface area contributed by atoms with Crippen LogP contribution in [0.15, 0.2) is 63.1 Å². The maximum Gasteiger partial charge on any atom is 0.277 e. The molecule has 1 amide bonds. The van der Waals surface area contributed by atoms with Crippen molar-refractivity contribution in [3.63, 3.8) is 0 Å². The van der Waals surface area contributed by atoms with Crippen molar-refractivity contribution in [2.45, 2.75) is 10.1 Å². The van der Waals surface area contributed by atoms with Crippen LogP contribution in [-0.2, 0) is 14.8 Å². The first-order valence-corrected chi connectivity index (χ1v) is 10.4. The number of hydrogen-bond donors (Lipinski definition) is 2. The second kappa shape index (κ2) is 8.09. The van der Waals surface area contributed by atoms with Crippen molar-refractivity contribution in [2.75, 3.05) is 11.1 Å². The number of anilines is 1. The van der Waals surface area contributed by atoms with Crippen molar-refractivity contribution in [1.82, 2.24) is 10.2 Å². The number of rotatable bonds is 6. The molecule has 27 heavy (non-hydrogen) atoms.